The van der Waals surface area contributed by atoms with Gasteiger partial charge in [0.05, 0.1) is 9.50 Å². The van der Waals surface area contributed by atoms with Crippen molar-refractivity contribution in [3.63, 3.8) is 0 Å². The van der Waals surface area contributed by atoms with Crippen molar-refractivity contribution in [1.82, 2.24) is 15.0 Å². The standard InChI is InChI=1S/C9H4BrCl2N3S/c10-7-8(12)14-4-15-9(7)16-6-2-1-5(11)3-13-6/h1-4H. The van der Waals surface area contributed by atoms with Crippen LogP contribution in [-0.2, 0) is 0 Å². The fourth-order valence-electron chi connectivity index (χ4n) is 0.926. The van der Waals surface area contributed by atoms with Crippen molar-refractivity contribution in [3.8, 4) is 0 Å². The van der Waals surface area contributed by atoms with Crippen LogP contribution < -0.4 is 0 Å². The average molecular weight is 337 g/mol. The molecule has 7 heteroatoms. The summed E-state index contributed by atoms with van der Waals surface area (Å²) >= 11 is 16.3. The summed E-state index contributed by atoms with van der Waals surface area (Å²) in [5.74, 6) is 0. The molecule has 82 valence electrons. The normalized spacial score (nSPS) is 10.4. The van der Waals surface area contributed by atoms with Gasteiger partial charge in [-0.2, -0.15) is 0 Å². The lowest BCUT2D eigenvalue weighted by Gasteiger charge is -2.02. The minimum Gasteiger partial charge on any atom is -0.248 e. The van der Waals surface area contributed by atoms with Gasteiger partial charge in [0.2, 0.25) is 0 Å². The maximum Gasteiger partial charge on any atom is 0.147 e. The fraction of sp³-hybridized carbons (Fsp3) is 0. The van der Waals surface area contributed by atoms with Crippen molar-refractivity contribution in [2.45, 2.75) is 10.1 Å². The van der Waals surface area contributed by atoms with Gasteiger partial charge in [-0.15, -0.1) is 0 Å². The number of rotatable bonds is 2. The van der Waals surface area contributed by atoms with E-state index in [1.165, 1.54) is 18.1 Å². The molecule has 0 aliphatic carbocycles. The van der Waals surface area contributed by atoms with Crippen LogP contribution in [0.25, 0.3) is 0 Å². The summed E-state index contributed by atoms with van der Waals surface area (Å²) in [4.78, 5) is 12.1. The second-order valence-corrected chi connectivity index (χ2v) is 5.30. The Balaban J connectivity index is 2.27. The Morgan fingerprint density at radius 2 is 1.94 bits per heavy atom. The summed E-state index contributed by atoms with van der Waals surface area (Å²) in [5, 5.41) is 2.49. The van der Waals surface area contributed by atoms with E-state index in [0.29, 0.717) is 14.6 Å². The van der Waals surface area contributed by atoms with E-state index < -0.39 is 0 Å². The molecule has 0 bridgehead atoms. The van der Waals surface area contributed by atoms with Gasteiger partial charge in [-0.1, -0.05) is 23.2 Å². The lowest BCUT2D eigenvalue weighted by atomic mass is 10.5. The van der Waals surface area contributed by atoms with Crippen LogP contribution in [0.15, 0.2) is 39.2 Å². The zero-order valence-corrected chi connectivity index (χ0v) is 11.6. The highest BCUT2D eigenvalue weighted by Gasteiger charge is 2.08. The molecule has 0 aromatic carbocycles. The van der Waals surface area contributed by atoms with Gasteiger partial charge in [0.25, 0.3) is 0 Å². The molecule has 0 N–H and O–H groups in total. The van der Waals surface area contributed by atoms with Crippen LogP contribution in [0.4, 0.5) is 0 Å². The molecule has 2 aromatic heterocycles. The van der Waals surface area contributed by atoms with E-state index in [-0.39, 0.29) is 0 Å². The third-order valence-corrected chi connectivity index (χ3v) is 4.32. The van der Waals surface area contributed by atoms with Crippen molar-refractivity contribution in [2.75, 3.05) is 0 Å². The molecular weight excluding hydrogens is 333 g/mol. The minimum atomic E-state index is 0.381. The van der Waals surface area contributed by atoms with Crippen LogP contribution in [0.3, 0.4) is 0 Å². The summed E-state index contributed by atoms with van der Waals surface area (Å²) in [6.45, 7) is 0. The molecule has 0 aliphatic rings. The largest absolute Gasteiger partial charge is 0.248 e. The highest BCUT2D eigenvalue weighted by atomic mass is 79.9. The maximum atomic E-state index is 5.85. The van der Waals surface area contributed by atoms with E-state index in [2.05, 4.69) is 30.9 Å². The summed E-state index contributed by atoms with van der Waals surface area (Å²) in [7, 11) is 0. The molecule has 0 spiro atoms. The zero-order chi connectivity index (χ0) is 11.5. The van der Waals surface area contributed by atoms with Gasteiger partial charge in [0.1, 0.15) is 21.5 Å². The topological polar surface area (TPSA) is 38.7 Å². The molecule has 0 aliphatic heterocycles. The van der Waals surface area contributed by atoms with Gasteiger partial charge >= 0.3 is 0 Å². The number of pyridine rings is 1. The first-order chi connectivity index (χ1) is 7.66. The van der Waals surface area contributed by atoms with Crippen molar-refractivity contribution in [1.29, 1.82) is 0 Å². The average Bonchev–Trinajstić information content (AvgIpc) is 2.28. The molecule has 0 fully saturated rings. The van der Waals surface area contributed by atoms with Crippen molar-refractivity contribution < 1.29 is 0 Å². The second kappa shape index (κ2) is 5.31. The minimum absolute atomic E-state index is 0.381. The molecule has 2 heterocycles. The molecule has 0 amide bonds. The first kappa shape index (κ1) is 12.1. The second-order valence-electron chi connectivity index (χ2n) is 2.70. The highest BCUT2D eigenvalue weighted by molar-refractivity contribution is 9.10. The van der Waals surface area contributed by atoms with Crippen LogP contribution >= 0.6 is 50.9 Å². The van der Waals surface area contributed by atoms with Gasteiger partial charge in [0.15, 0.2) is 0 Å². The number of hydrogen-bond donors (Lipinski definition) is 0. The molecule has 3 nitrogen and oxygen atoms in total. The van der Waals surface area contributed by atoms with E-state index in [1.807, 2.05) is 6.07 Å². The smallest absolute Gasteiger partial charge is 0.147 e. The molecule has 0 unspecified atom stereocenters. The molecule has 2 aromatic rings. The van der Waals surface area contributed by atoms with Crippen LogP contribution in [0.2, 0.25) is 10.2 Å². The van der Waals surface area contributed by atoms with Gasteiger partial charge in [-0.3, -0.25) is 0 Å². The van der Waals surface area contributed by atoms with E-state index >= 15 is 0 Å². The molecular formula is C9H4BrCl2N3S. The Morgan fingerprint density at radius 1 is 1.12 bits per heavy atom. The summed E-state index contributed by atoms with van der Waals surface area (Å²) in [6.07, 6.45) is 2.99. The maximum absolute atomic E-state index is 5.85. The third-order valence-electron chi connectivity index (χ3n) is 1.62. The van der Waals surface area contributed by atoms with Crippen LogP contribution in [0, 0.1) is 0 Å². The summed E-state index contributed by atoms with van der Waals surface area (Å²) in [5.41, 5.74) is 0. The third kappa shape index (κ3) is 2.85. The molecule has 16 heavy (non-hydrogen) atoms. The number of hydrogen-bond acceptors (Lipinski definition) is 4. The quantitative estimate of drug-likeness (QED) is 0.774. The van der Waals surface area contributed by atoms with Crippen LogP contribution in [0.5, 0.6) is 0 Å². The Bertz CT molecular complexity index is 507. The van der Waals surface area contributed by atoms with Gasteiger partial charge in [0, 0.05) is 6.20 Å². The Labute approximate surface area is 115 Å². The first-order valence-electron chi connectivity index (χ1n) is 4.12. The molecule has 0 saturated heterocycles. The Hall–Kier alpha value is -0.360. The van der Waals surface area contributed by atoms with E-state index in [1.54, 1.807) is 12.3 Å². The van der Waals surface area contributed by atoms with Gasteiger partial charge in [-0.25, -0.2) is 15.0 Å². The van der Waals surface area contributed by atoms with Crippen LogP contribution in [-0.4, -0.2) is 15.0 Å². The molecule has 0 radical (unpaired) electrons. The lowest BCUT2D eigenvalue weighted by molar-refractivity contribution is 1.02. The monoisotopic (exact) mass is 335 g/mol. The van der Waals surface area contributed by atoms with Crippen LogP contribution in [0.1, 0.15) is 0 Å². The lowest BCUT2D eigenvalue weighted by Crippen LogP contribution is -1.87. The number of nitrogens with zero attached hydrogens (tertiary/aromatic N) is 3. The first-order valence-corrected chi connectivity index (χ1v) is 6.49. The van der Waals surface area contributed by atoms with Crippen molar-refractivity contribution >= 4 is 50.9 Å². The van der Waals surface area contributed by atoms with E-state index in [9.17, 15) is 0 Å². The molecule has 2 rings (SSSR count). The Kier molecular flexibility index (Phi) is 4.02. The number of halogens is 3. The van der Waals surface area contributed by atoms with Crippen molar-refractivity contribution in [3.05, 3.63) is 39.3 Å². The predicted molar refractivity (Wildman–Crippen MR) is 68.1 cm³/mol. The molecule has 0 atom stereocenters. The van der Waals surface area contributed by atoms with Gasteiger partial charge in [-0.05, 0) is 39.8 Å². The summed E-state index contributed by atoms with van der Waals surface area (Å²) in [6, 6.07) is 3.59. The number of aromatic nitrogens is 3. The van der Waals surface area contributed by atoms with E-state index in [4.69, 9.17) is 23.2 Å². The fourth-order valence-corrected chi connectivity index (χ4v) is 2.40. The predicted octanol–water partition coefficient (Wildman–Crippen LogP) is 4.09. The molecule has 0 saturated carbocycles. The SMILES string of the molecule is Clc1ccc(Sc2ncnc(Cl)c2Br)nc1. The van der Waals surface area contributed by atoms with Crippen molar-refractivity contribution in [2.24, 2.45) is 0 Å². The summed E-state index contributed by atoms with van der Waals surface area (Å²) < 4.78 is 0.665. The Morgan fingerprint density at radius 3 is 2.62 bits per heavy atom. The highest BCUT2D eigenvalue weighted by Crippen LogP contribution is 2.33. The zero-order valence-electron chi connectivity index (χ0n) is 7.69. The van der Waals surface area contributed by atoms with E-state index in [0.717, 1.165) is 10.1 Å². The van der Waals surface area contributed by atoms with Gasteiger partial charge < -0.3 is 0 Å².